The van der Waals surface area contributed by atoms with Crippen LogP contribution in [0.4, 0.5) is 0 Å². The molecule has 1 aromatic rings. The zero-order valence-corrected chi connectivity index (χ0v) is 16.2. The van der Waals surface area contributed by atoms with Crippen LogP contribution in [0.15, 0.2) is 36.4 Å². The minimum atomic E-state index is 0.689. The van der Waals surface area contributed by atoms with Gasteiger partial charge < -0.3 is 0 Å². The number of thiol groups is 1. The molecule has 0 nitrogen and oxygen atoms in total. The number of hydrogen-bond acceptors (Lipinski definition) is 1. The molecule has 2 aliphatic carbocycles. The normalized spacial score (nSPS) is 31.4. The van der Waals surface area contributed by atoms with Gasteiger partial charge in [0.2, 0.25) is 0 Å². The summed E-state index contributed by atoms with van der Waals surface area (Å²) in [6.07, 6.45) is 18.7. The van der Waals surface area contributed by atoms with E-state index in [1.165, 1.54) is 75.3 Å². The molecule has 132 valence electrons. The first-order valence-corrected chi connectivity index (χ1v) is 10.6. The monoisotopic (exact) mass is 342 g/mol. The van der Waals surface area contributed by atoms with Crippen LogP contribution in [0.25, 0.3) is 0 Å². The third-order valence-electron chi connectivity index (χ3n) is 6.35. The SMILES string of the molecule is Cc1ccc(CC/C=C/C2CCC(C3CCC(S)CC3)CC2)cc1. The largest absolute Gasteiger partial charge is 0.176 e. The fourth-order valence-electron chi connectivity index (χ4n) is 4.68. The first-order chi connectivity index (χ1) is 11.7. The zero-order chi connectivity index (χ0) is 16.8. The van der Waals surface area contributed by atoms with Crippen LogP contribution in [0, 0.1) is 24.7 Å². The minimum Gasteiger partial charge on any atom is -0.176 e. The molecule has 0 spiro atoms. The van der Waals surface area contributed by atoms with Crippen LogP contribution in [0.5, 0.6) is 0 Å². The molecule has 0 unspecified atom stereocenters. The molecule has 0 aliphatic heterocycles. The molecule has 0 bridgehead atoms. The van der Waals surface area contributed by atoms with Crippen molar-refractivity contribution in [1.29, 1.82) is 0 Å². The van der Waals surface area contributed by atoms with Gasteiger partial charge in [0, 0.05) is 5.25 Å². The summed E-state index contributed by atoms with van der Waals surface area (Å²) in [6.45, 7) is 2.16. The van der Waals surface area contributed by atoms with E-state index in [9.17, 15) is 0 Å². The fraction of sp³-hybridized carbons (Fsp3) is 0.652. The summed E-state index contributed by atoms with van der Waals surface area (Å²) < 4.78 is 0. The van der Waals surface area contributed by atoms with Gasteiger partial charge in [0.25, 0.3) is 0 Å². The molecule has 2 fully saturated rings. The number of hydrogen-bond donors (Lipinski definition) is 1. The van der Waals surface area contributed by atoms with E-state index in [0.29, 0.717) is 5.25 Å². The van der Waals surface area contributed by atoms with Crippen LogP contribution in [-0.2, 0) is 6.42 Å². The van der Waals surface area contributed by atoms with E-state index in [2.05, 4.69) is 56.0 Å². The van der Waals surface area contributed by atoms with Crippen molar-refractivity contribution in [3.63, 3.8) is 0 Å². The van der Waals surface area contributed by atoms with Gasteiger partial charge >= 0.3 is 0 Å². The summed E-state index contributed by atoms with van der Waals surface area (Å²) in [7, 11) is 0. The molecule has 2 aliphatic rings. The maximum Gasteiger partial charge on any atom is 0.00170 e. The Balaban J connectivity index is 1.35. The molecular weight excluding hydrogens is 308 g/mol. The van der Waals surface area contributed by atoms with Crippen molar-refractivity contribution >= 4 is 12.6 Å². The maximum absolute atomic E-state index is 4.65. The van der Waals surface area contributed by atoms with Gasteiger partial charge in [-0.3, -0.25) is 0 Å². The van der Waals surface area contributed by atoms with Crippen molar-refractivity contribution in [2.24, 2.45) is 17.8 Å². The van der Waals surface area contributed by atoms with Crippen LogP contribution in [-0.4, -0.2) is 5.25 Å². The second-order valence-electron chi connectivity index (χ2n) is 8.20. The van der Waals surface area contributed by atoms with Crippen LogP contribution >= 0.6 is 12.6 Å². The average Bonchev–Trinajstić information content (AvgIpc) is 2.62. The summed E-state index contributed by atoms with van der Waals surface area (Å²) in [5.41, 5.74) is 2.82. The molecule has 1 heteroatoms. The Morgan fingerprint density at radius 3 is 2.08 bits per heavy atom. The van der Waals surface area contributed by atoms with E-state index in [1.54, 1.807) is 0 Å². The van der Waals surface area contributed by atoms with E-state index >= 15 is 0 Å². The second-order valence-corrected chi connectivity index (χ2v) is 8.93. The number of allylic oxidation sites excluding steroid dienone is 2. The van der Waals surface area contributed by atoms with E-state index in [0.717, 1.165) is 17.8 Å². The Morgan fingerprint density at radius 2 is 1.46 bits per heavy atom. The number of rotatable bonds is 5. The second kappa shape index (κ2) is 9.13. The lowest BCUT2D eigenvalue weighted by molar-refractivity contribution is 0.182. The highest BCUT2D eigenvalue weighted by Crippen LogP contribution is 2.41. The van der Waals surface area contributed by atoms with Gasteiger partial charge in [-0.2, -0.15) is 12.6 Å². The highest BCUT2D eigenvalue weighted by atomic mass is 32.1. The molecule has 0 aromatic heterocycles. The van der Waals surface area contributed by atoms with Gasteiger partial charge in [0.05, 0.1) is 0 Å². The van der Waals surface area contributed by atoms with Gasteiger partial charge in [-0.25, -0.2) is 0 Å². The molecule has 0 N–H and O–H groups in total. The van der Waals surface area contributed by atoms with Crippen molar-refractivity contribution in [1.82, 2.24) is 0 Å². The first kappa shape index (κ1) is 18.1. The predicted octanol–water partition coefficient (Wildman–Crippen LogP) is 6.78. The molecule has 2 saturated carbocycles. The Morgan fingerprint density at radius 1 is 0.875 bits per heavy atom. The van der Waals surface area contributed by atoms with Gasteiger partial charge in [-0.15, -0.1) is 0 Å². The van der Waals surface area contributed by atoms with E-state index in [-0.39, 0.29) is 0 Å². The Labute approximate surface area is 154 Å². The standard InChI is InChI=1S/C23H34S/c1-18-6-8-19(9-7-18)4-2-3-5-20-10-12-21(13-11-20)22-14-16-23(24)17-15-22/h3,5-9,20-24H,2,4,10-17H2,1H3/b5-3+. The summed E-state index contributed by atoms with van der Waals surface area (Å²) in [5, 5.41) is 0.689. The van der Waals surface area contributed by atoms with Crippen LogP contribution in [0.2, 0.25) is 0 Å². The molecule has 0 amide bonds. The van der Waals surface area contributed by atoms with Crippen molar-refractivity contribution in [2.75, 3.05) is 0 Å². The smallest absolute Gasteiger partial charge is 0.00170 e. The maximum atomic E-state index is 4.65. The highest BCUT2D eigenvalue weighted by Gasteiger charge is 2.29. The molecule has 0 radical (unpaired) electrons. The third-order valence-corrected chi connectivity index (χ3v) is 6.87. The summed E-state index contributed by atoms with van der Waals surface area (Å²) in [4.78, 5) is 0. The zero-order valence-electron chi connectivity index (χ0n) is 15.3. The minimum absolute atomic E-state index is 0.689. The number of aryl methyl sites for hydroxylation is 2. The van der Waals surface area contributed by atoms with E-state index in [1.807, 2.05) is 0 Å². The van der Waals surface area contributed by atoms with Crippen molar-refractivity contribution < 1.29 is 0 Å². The van der Waals surface area contributed by atoms with E-state index < -0.39 is 0 Å². The molecule has 3 rings (SSSR count). The predicted molar refractivity (Wildman–Crippen MR) is 109 cm³/mol. The lowest BCUT2D eigenvalue weighted by atomic mass is 9.71. The molecule has 0 heterocycles. The molecule has 1 aromatic carbocycles. The van der Waals surface area contributed by atoms with Crippen molar-refractivity contribution in [3.05, 3.63) is 47.5 Å². The average molecular weight is 343 g/mol. The quantitative estimate of drug-likeness (QED) is 0.442. The lowest BCUT2D eigenvalue weighted by Gasteiger charge is -2.36. The molecule has 0 saturated heterocycles. The van der Waals surface area contributed by atoms with E-state index in [4.69, 9.17) is 0 Å². The first-order valence-electron chi connectivity index (χ1n) is 10.1. The Kier molecular flexibility index (Phi) is 6.89. The van der Waals surface area contributed by atoms with Crippen molar-refractivity contribution in [3.8, 4) is 0 Å². The molecule has 24 heavy (non-hydrogen) atoms. The highest BCUT2D eigenvalue weighted by molar-refractivity contribution is 7.80. The number of benzene rings is 1. The summed E-state index contributed by atoms with van der Waals surface area (Å²) in [5.74, 6) is 2.88. The summed E-state index contributed by atoms with van der Waals surface area (Å²) in [6, 6.07) is 8.99. The van der Waals surface area contributed by atoms with Crippen LogP contribution in [0.3, 0.4) is 0 Å². The Bertz CT molecular complexity index is 499. The Hall–Kier alpha value is -0.690. The van der Waals surface area contributed by atoms with Gasteiger partial charge in [0.1, 0.15) is 0 Å². The third kappa shape index (κ3) is 5.41. The van der Waals surface area contributed by atoms with Gasteiger partial charge in [-0.1, -0.05) is 42.0 Å². The lowest BCUT2D eigenvalue weighted by Crippen LogP contribution is -2.25. The molecular formula is C23H34S. The van der Waals surface area contributed by atoms with Crippen LogP contribution < -0.4 is 0 Å². The topological polar surface area (TPSA) is 0 Å². The van der Waals surface area contributed by atoms with Gasteiger partial charge in [-0.05, 0) is 94.4 Å². The summed E-state index contributed by atoms with van der Waals surface area (Å²) >= 11 is 4.65. The van der Waals surface area contributed by atoms with Crippen LogP contribution in [0.1, 0.15) is 68.9 Å². The molecule has 0 atom stereocenters. The fourth-order valence-corrected chi connectivity index (χ4v) is 4.97. The van der Waals surface area contributed by atoms with Gasteiger partial charge in [0.15, 0.2) is 0 Å². The van der Waals surface area contributed by atoms with Crippen molar-refractivity contribution in [2.45, 2.75) is 76.4 Å².